The minimum absolute atomic E-state index is 0.131. The number of benzene rings is 1. The van der Waals surface area contributed by atoms with E-state index in [1.807, 2.05) is 0 Å². The topological polar surface area (TPSA) is 52.0 Å². The quantitative estimate of drug-likeness (QED) is 0.846. The van der Waals surface area contributed by atoms with Crippen LogP contribution < -0.4 is 0 Å². The Morgan fingerprint density at radius 1 is 1.28 bits per heavy atom. The van der Waals surface area contributed by atoms with Gasteiger partial charge in [0.25, 0.3) is 0 Å². The summed E-state index contributed by atoms with van der Waals surface area (Å²) in [4.78, 5) is -0.243. The Balaban J connectivity index is 2.19. The highest BCUT2D eigenvalue weighted by molar-refractivity contribution is 7.91. The molecule has 0 saturated heterocycles. The van der Waals surface area contributed by atoms with Gasteiger partial charge in [-0.15, -0.1) is 0 Å². The average Bonchev–Trinajstić information content (AvgIpc) is 2.73. The monoisotopic (exact) mass is 268 g/mol. The lowest BCUT2D eigenvalue weighted by molar-refractivity contribution is 0.565. The molecule has 0 unspecified atom stereocenters. The maximum absolute atomic E-state index is 13.4. The molecule has 2 rings (SSSR count). The molecule has 0 aliphatic rings. The molecule has 0 spiro atoms. The number of sulfone groups is 1. The summed E-state index contributed by atoms with van der Waals surface area (Å²) in [5.41, 5.74) is 0.801. The van der Waals surface area contributed by atoms with Crippen LogP contribution in [0, 0.1) is 5.82 Å². The Morgan fingerprint density at radius 3 is 2.61 bits per heavy atom. The van der Waals surface area contributed by atoms with Crippen LogP contribution in [0.4, 0.5) is 4.39 Å². The van der Waals surface area contributed by atoms with Crippen LogP contribution in [0.25, 0.3) is 0 Å². The van der Waals surface area contributed by atoms with E-state index in [9.17, 15) is 12.8 Å². The second-order valence-electron chi connectivity index (χ2n) is 3.95. The third kappa shape index (κ3) is 2.59. The van der Waals surface area contributed by atoms with Crippen molar-refractivity contribution in [2.75, 3.05) is 5.75 Å². The first-order valence-electron chi connectivity index (χ1n) is 5.45. The van der Waals surface area contributed by atoms with E-state index in [0.29, 0.717) is 6.42 Å². The lowest BCUT2D eigenvalue weighted by Gasteiger charge is -2.05. The number of hydrogen-bond donors (Lipinski definition) is 0. The van der Waals surface area contributed by atoms with E-state index in [1.54, 1.807) is 24.0 Å². The maximum atomic E-state index is 13.4. The van der Waals surface area contributed by atoms with E-state index in [0.717, 1.165) is 11.8 Å². The molecule has 0 bridgehead atoms. The van der Waals surface area contributed by atoms with Gasteiger partial charge in [-0.2, -0.15) is 5.10 Å². The highest BCUT2D eigenvalue weighted by Crippen LogP contribution is 2.16. The predicted molar refractivity (Wildman–Crippen MR) is 65.4 cm³/mol. The standard InChI is InChI=1S/C12H13FN2O2S/c1-15-10(6-8-14-15)7-9-18(16,17)12-5-3-2-4-11(12)13/h2-6,8H,7,9H2,1H3. The van der Waals surface area contributed by atoms with Crippen LogP contribution >= 0.6 is 0 Å². The fourth-order valence-electron chi connectivity index (χ4n) is 1.69. The van der Waals surface area contributed by atoms with E-state index in [4.69, 9.17) is 0 Å². The molecule has 0 aliphatic heterocycles. The van der Waals surface area contributed by atoms with Crippen molar-refractivity contribution in [3.05, 3.63) is 48.0 Å². The summed E-state index contributed by atoms with van der Waals surface area (Å²) in [6.07, 6.45) is 1.91. The highest BCUT2D eigenvalue weighted by Gasteiger charge is 2.19. The van der Waals surface area contributed by atoms with Gasteiger partial charge in [0.2, 0.25) is 0 Å². The Bertz CT molecular complexity index is 650. The van der Waals surface area contributed by atoms with Gasteiger partial charge in [-0.05, 0) is 18.2 Å². The molecule has 1 aromatic carbocycles. The molecule has 18 heavy (non-hydrogen) atoms. The molecule has 4 nitrogen and oxygen atoms in total. The summed E-state index contributed by atoms with van der Waals surface area (Å²) in [6, 6.07) is 7.16. The van der Waals surface area contributed by atoms with Gasteiger partial charge < -0.3 is 0 Å². The number of aryl methyl sites for hydroxylation is 2. The molecule has 0 atom stereocenters. The number of hydrogen-bond acceptors (Lipinski definition) is 3. The van der Waals surface area contributed by atoms with Gasteiger partial charge in [0.15, 0.2) is 9.84 Å². The summed E-state index contributed by atoms with van der Waals surface area (Å²) < 4.78 is 39.0. The molecule has 1 aromatic heterocycles. The summed E-state index contributed by atoms with van der Waals surface area (Å²) in [6.45, 7) is 0. The maximum Gasteiger partial charge on any atom is 0.181 e. The number of rotatable bonds is 4. The minimum Gasteiger partial charge on any atom is -0.273 e. The Hall–Kier alpha value is -1.69. The fourth-order valence-corrected chi connectivity index (χ4v) is 3.04. The zero-order valence-corrected chi connectivity index (χ0v) is 10.7. The van der Waals surface area contributed by atoms with E-state index < -0.39 is 15.7 Å². The molecular formula is C12H13FN2O2S. The molecule has 0 aliphatic carbocycles. The Kier molecular flexibility index (Phi) is 3.47. The number of nitrogens with zero attached hydrogens (tertiary/aromatic N) is 2. The third-order valence-corrected chi connectivity index (χ3v) is 4.46. The predicted octanol–water partition coefficient (Wildman–Crippen LogP) is 1.58. The van der Waals surface area contributed by atoms with Crippen molar-refractivity contribution in [3.8, 4) is 0 Å². The van der Waals surface area contributed by atoms with Crippen molar-refractivity contribution in [2.24, 2.45) is 7.05 Å². The zero-order valence-electron chi connectivity index (χ0n) is 9.88. The summed E-state index contributed by atoms with van der Waals surface area (Å²) in [5.74, 6) is -0.837. The van der Waals surface area contributed by atoms with Gasteiger partial charge >= 0.3 is 0 Å². The molecule has 0 radical (unpaired) electrons. The van der Waals surface area contributed by atoms with Crippen molar-refractivity contribution < 1.29 is 12.8 Å². The van der Waals surface area contributed by atoms with Gasteiger partial charge in [-0.25, -0.2) is 12.8 Å². The Morgan fingerprint density at radius 2 is 2.00 bits per heavy atom. The van der Waals surface area contributed by atoms with E-state index in [1.165, 1.54) is 18.2 Å². The molecule has 6 heteroatoms. The number of halogens is 1. The molecule has 0 fully saturated rings. The molecular weight excluding hydrogens is 255 g/mol. The van der Waals surface area contributed by atoms with E-state index in [-0.39, 0.29) is 10.6 Å². The largest absolute Gasteiger partial charge is 0.273 e. The lowest BCUT2D eigenvalue weighted by Crippen LogP contribution is -2.12. The van der Waals surface area contributed by atoms with Crippen LogP contribution in [0.1, 0.15) is 5.69 Å². The summed E-state index contributed by atoms with van der Waals surface area (Å²) in [7, 11) is -1.86. The summed E-state index contributed by atoms with van der Waals surface area (Å²) >= 11 is 0. The molecule has 0 saturated carbocycles. The number of aromatic nitrogens is 2. The zero-order chi connectivity index (χ0) is 13.2. The van der Waals surface area contributed by atoms with Crippen LogP contribution in [-0.2, 0) is 23.3 Å². The highest BCUT2D eigenvalue weighted by atomic mass is 32.2. The van der Waals surface area contributed by atoms with Crippen LogP contribution in [0.5, 0.6) is 0 Å². The normalized spacial score (nSPS) is 11.7. The van der Waals surface area contributed by atoms with Gasteiger partial charge in [0, 0.05) is 25.4 Å². The molecule has 2 aromatic rings. The fraction of sp³-hybridized carbons (Fsp3) is 0.250. The van der Waals surface area contributed by atoms with E-state index >= 15 is 0 Å². The SMILES string of the molecule is Cn1nccc1CCS(=O)(=O)c1ccccc1F. The third-order valence-electron chi connectivity index (χ3n) is 2.72. The lowest BCUT2D eigenvalue weighted by atomic mass is 10.3. The summed E-state index contributed by atoms with van der Waals surface area (Å²) in [5, 5.41) is 3.96. The first kappa shape index (κ1) is 12.8. The van der Waals surface area contributed by atoms with Gasteiger partial charge in [0.05, 0.1) is 5.75 Å². The van der Waals surface area contributed by atoms with Crippen LogP contribution in [0.2, 0.25) is 0 Å². The van der Waals surface area contributed by atoms with Crippen LogP contribution in [-0.4, -0.2) is 24.0 Å². The first-order chi connectivity index (χ1) is 8.50. The van der Waals surface area contributed by atoms with Gasteiger partial charge in [0.1, 0.15) is 10.7 Å². The smallest absolute Gasteiger partial charge is 0.181 e. The minimum atomic E-state index is -3.60. The van der Waals surface area contributed by atoms with Gasteiger partial charge in [-0.1, -0.05) is 12.1 Å². The average molecular weight is 268 g/mol. The second kappa shape index (κ2) is 4.89. The van der Waals surface area contributed by atoms with Crippen LogP contribution in [0.15, 0.2) is 41.4 Å². The van der Waals surface area contributed by atoms with Crippen molar-refractivity contribution >= 4 is 9.84 Å². The Labute approximate surface area is 105 Å². The van der Waals surface area contributed by atoms with E-state index in [2.05, 4.69) is 5.10 Å². The van der Waals surface area contributed by atoms with Crippen molar-refractivity contribution in [1.29, 1.82) is 0 Å². The molecule has 1 heterocycles. The van der Waals surface area contributed by atoms with Crippen molar-refractivity contribution in [2.45, 2.75) is 11.3 Å². The molecule has 0 amide bonds. The van der Waals surface area contributed by atoms with Crippen molar-refractivity contribution in [1.82, 2.24) is 9.78 Å². The molecule has 0 N–H and O–H groups in total. The van der Waals surface area contributed by atoms with Crippen LogP contribution in [0.3, 0.4) is 0 Å². The van der Waals surface area contributed by atoms with Gasteiger partial charge in [-0.3, -0.25) is 4.68 Å². The molecule has 96 valence electrons. The first-order valence-corrected chi connectivity index (χ1v) is 7.10. The van der Waals surface area contributed by atoms with Crippen molar-refractivity contribution in [3.63, 3.8) is 0 Å². The second-order valence-corrected chi connectivity index (χ2v) is 6.02.